The molecular weight excluding hydrogens is 134 g/mol. The predicted molar refractivity (Wildman–Crippen MR) is 34.4 cm³/mol. The molecule has 0 fully saturated rings. The molecule has 0 aromatic rings. The van der Waals surface area contributed by atoms with E-state index in [-0.39, 0.29) is 0 Å². The summed E-state index contributed by atoms with van der Waals surface area (Å²) in [5.74, 6) is 0.360. The van der Waals surface area contributed by atoms with Gasteiger partial charge in [0, 0.05) is 6.54 Å². The highest BCUT2D eigenvalue weighted by Crippen LogP contribution is 2.03. The summed E-state index contributed by atoms with van der Waals surface area (Å²) < 4.78 is 4.36. The predicted octanol–water partition coefficient (Wildman–Crippen LogP) is 0.906. The molecule has 1 rings (SSSR count). The standard InChI is InChI=1S/C6H9NO3/c8-6(9)10-5-3-1-2-4-7-5/h3,7H,1-2,4H2,(H,8,9). The van der Waals surface area contributed by atoms with E-state index in [1.807, 2.05) is 0 Å². The van der Waals surface area contributed by atoms with E-state index in [1.54, 1.807) is 6.08 Å². The number of carbonyl (C=O) groups is 1. The van der Waals surface area contributed by atoms with Crippen molar-refractivity contribution in [2.75, 3.05) is 6.54 Å². The Morgan fingerprint density at radius 3 is 3.10 bits per heavy atom. The first-order valence-corrected chi connectivity index (χ1v) is 3.14. The van der Waals surface area contributed by atoms with Crippen molar-refractivity contribution in [3.05, 3.63) is 12.0 Å². The molecule has 0 atom stereocenters. The third-order valence-corrected chi connectivity index (χ3v) is 1.21. The van der Waals surface area contributed by atoms with E-state index in [0.29, 0.717) is 5.88 Å². The minimum Gasteiger partial charge on any atom is -0.449 e. The second-order valence-electron chi connectivity index (χ2n) is 2.01. The molecule has 4 heteroatoms. The van der Waals surface area contributed by atoms with Gasteiger partial charge >= 0.3 is 6.16 Å². The molecule has 0 bridgehead atoms. The summed E-state index contributed by atoms with van der Waals surface area (Å²) in [5, 5.41) is 11.0. The van der Waals surface area contributed by atoms with Gasteiger partial charge in [-0.3, -0.25) is 0 Å². The summed E-state index contributed by atoms with van der Waals surface area (Å²) in [7, 11) is 0. The minimum atomic E-state index is -1.26. The van der Waals surface area contributed by atoms with Gasteiger partial charge in [0.1, 0.15) is 0 Å². The van der Waals surface area contributed by atoms with E-state index < -0.39 is 6.16 Å². The van der Waals surface area contributed by atoms with Gasteiger partial charge in [-0.15, -0.1) is 0 Å². The summed E-state index contributed by atoms with van der Waals surface area (Å²) in [5.41, 5.74) is 0. The van der Waals surface area contributed by atoms with Crippen LogP contribution >= 0.6 is 0 Å². The maximum atomic E-state index is 9.96. The van der Waals surface area contributed by atoms with Crippen LogP contribution in [0.4, 0.5) is 4.79 Å². The molecule has 0 radical (unpaired) electrons. The Kier molecular flexibility index (Phi) is 2.15. The van der Waals surface area contributed by atoms with E-state index in [9.17, 15) is 4.79 Å². The van der Waals surface area contributed by atoms with E-state index in [4.69, 9.17) is 5.11 Å². The van der Waals surface area contributed by atoms with Gasteiger partial charge in [0.25, 0.3) is 0 Å². The van der Waals surface area contributed by atoms with Gasteiger partial charge in [-0.05, 0) is 18.9 Å². The number of ether oxygens (including phenoxy) is 1. The monoisotopic (exact) mass is 143 g/mol. The lowest BCUT2D eigenvalue weighted by molar-refractivity contribution is 0.111. The van der Waals surface area contributed by atoms with Crippen LogP contribution in [-0.4, -0.2) is 17.8 Å². The third-order valence-electron chi connectivity index (χ3n) is 1.21. The van der Waals surface area contributed by atoms with Gasteiger partial charge in [-0.2, -0.15) is 0 Å². The van der Waals surface area contributed by atoms with Crippen LogP contribution in [0, 0.1) is 0 Å². The highest BCUT2D eigenvalue weighted by Gasteiger charge is 2.05. The minimum absolute atomic E-state index is 0.360. The molecule has 0 aliphatic carbocycles. The Labute approximate surface area is 58.5 Å². The van der Waals surface area contributed by atoms with Crippen molar-refractivity contribution < 1.29 is 14.6 Å². The van der Waals surface area contributed by atoms with E-state index >= 15 is 0 Å². The molecule has 1 aliphatic rings. The van der Waals surface area contributed by atoms with Gasteiger partial charge < -0.3 is 15.2 Å². The fourth-order valence-electron chi connectivity index (χ4n) is 0.791. The highest BCUT2D eigenvalue weighted by atomic mass is 16.7. The Morgan fingerprint density at radius 2 is 2.60 bits per heavy atom. The quantitative estimate of drug-likeness (QED) is 0.535. The van der Waals surface area contributed by atoms with Crippen LogP contribution in [0.3, 0.4) is 0 Å². The third kappa shape index (κ3) is 1.97. The molecule has 0 spiro atoms. The molecule has 0 aromatic heterocycles. The average molecular weight is 143 g/mol. The molecule has 0 saturated carbocycles. The van der Waals surface area contributed by atoms with Crippen LogP contribution in [0.5, 0.6) is 0 Å². The molecule has 0 saturated heterocycles. The van der Waals surface area contributed by atoms with E-state index in [2.05, 4.69) is 10.1 Å². The molecule has 2 N–H and O–H groups in total. The number of hydrogen-bond acceptors (Lipinski definition) is 3. The lowest BCUT2D eigenvalue weighted by Crippen LogP contribution is -2.22. The van der Waals surface area contributed by atoms with Crippen molar-refractivity contribution in [2.45, 2.75) is 12.8 Å². The highest BCUT2D eigenvalue weighted by molar-refractivity contribution is 5.58. The fraction of sp³-hybridized carbons (Fsp3) is 0.500. The number of carboxylic acid groups (broad SMARTS) is 1. The van der Waals surface area contributed by atoms with Crippen molar-refractivity contribution in [3.8, 4) is 0 Å². The van der Waals surface area contributed by atoms with Crippen LogP contribution in [0.25, 0.3) is 0 Å². The maximum absolute atomic E-state index is 9.96. The summed E-state index contributed by atoms with van der Waals surface area (Å²) in [6, 6.07) is 0. The van der Waals surface area contributed by atoms with Crippen LogP contribution in [0.2, 0.25) is 0 Å². The van der Waals surface area contributed by atoms with Gasteiger partial charge in [0.2, 0.25) is 0 Å². The molecule has 1 heterocycles. The summed E-state index contributed by atoms with van der Waals surface area (Å²) >= 11 is 0. The zero-order chi connectivity index (χ0) is 7.40. The Morgan fingerprint density at radius 1 is 1.80 bits per heavy atom. The second kappa shape index (κ2) is 3.10. The van der Waals surface area contributed by atoms with Crippen molar-refractivity contribution in [3.63, 3.8) is 0 Å². The van der Waals surface area contributed by atoms with Crippen molar-refractivity contribution >= 4 is 6.16 Å². The molecule has 0 amide bonds. The van der Waals surface area contributed by atoms with Crippen LogP contribution in [0.15, 0.2) is 12.0 Å². The van der Waals surface area contributed by atoms with Crippen molar-refractivity contribution in [1.82, 2.24) is 5.32 Å². The first kappa shape index (κ1) is 6.92. The molecule has 1 aliphatic heterocycles. The molecular formula is C6H9NO3. The van der Waals surface area contributed by atoms with Gasteiger partial charge in [0.15, 0.2) is 5.88 Å². The molecule has 0 aromatic carbocycles. The largest absolute Gasteiger partial charge is 0.512 e. The lowest BCUT2D eigenvalue weighted by Gasteiger charge is -2.12. The lowest BCUT2D eigenvalue weighted by atomic mass is 10.2. The Bertz CT molecular complexity index is 164. The average Bonchev–Trinajstić information content (AvgIpc) is 1.88. The maximum Gasteiger partial charge on any atom is 0.512 e. The second-order valence-corrected chi connectivity index (χ2v) is 2.01. The molecule has 56 valence electrons. The van der Waals surface area contributed by atoms with Crippen molar-refractivity contribution in [2.24, 2.45) is 0 Å². The topological polar surface area (TPSA) is 58.6 Å². The number of hydrogen-bond donors (Lipinski definition) is 2. The smallest absolute Gasteiger partial charge is 0.449 e. The first-order valence-electron chi connectivity index (χ1n) is 3.14. The van der Waals surface area contributed by atoms with Crippen LogP contribution in [-0.2, 0) is 4.74 Å². The SMILES string of the molecule is O=C(O)OC1=CCCCN1. The normalized spacial score (nSPS) is 17.0. The molecule has 0 unspecified atom stereocenters. The number of rotatable bonds is 1. The summed E-state index contributed by atoms with van der Waals surface area (Å²) in [6.45, 7) is 0.791. The number of nitrogens with one attached hydrogen (secondary N) is 1. The van der Waals surface area contributed by atoms with Crippen LogP contribution < -0.4 is 5.32 Å². The zero-order valence-corrected chi connectivity index (χ0v) is 5.46. The van der Waals surface area contributed by atoms with E-state index in [0.717, 1.165) is 19.4 Å². The summed E-state index contributed by atoms with van der Waals surface area (Å²) in [4.78, 5) is 9.96. The Hall–Kier alpha value is -1.19. The first-order chi connectivity index (χ1) is 4.79. The zero-order valence-electron chi connectivity index (χ0n) is 5.46. The fourth-order valence-corrected chi connectivity index (χ4v) is 0.791. The van der Waals surface area contributed by atoms with Gasteiger partial charge in [-0.1, -0.05) is 0 Å². The van der Waals surface area contributed by atoms with Gasteiger partial charge in [0.05, 0.1) is 0 Å². The van der Waals surface area contributed by atoms with E-state index in [1.165, 1.54) is 0 Å². The molecule has 4 nitrogen and oxygen atoms in total. The van der Waals surface area contributed by atoms with Crippen LogP contribution in [0.1, 0.15) is 12.8 Å². The molecule has 10 heavy (non-hydrogen) atoms. The van der Waals surface area contributed by atoms with Crippen molar-refractivity contribution in [1.29, 1.82) is 0 Å². The Balaban J connectivity index is 2.38. The number of allylic oxidation sites excluding steroid dienone is 1. The summed E-state index contributed by atoms with van der Waals surface area (Å²) in [6.07, 6.45) is 2.39. The van der Waals surface area contributed by atoms with Gasteiger partial charge in [-0.25, -0.2) is 4.79 Å².